The zero-order valence-corrected chi connectivity index (χ0v) is 32.1. The van der Waals surface area contributed by atoms with E-state index < -0.39 is 29.2 Å². The van der Waals surface area contributed by atoms with E-state index in [0.29, 0.717) is 64.5 Å². The number of phenolic OH excluding ortho intramolecular Hbond substituents is 1. The first kappa shape index (κ1) is 43.3. The molecule has 3 heterocycles. The molecule has 6 rings (SSSR count). The number of ether oxygens (including phenoxy) is 4. The quantitative estimate of drug-likeness (QED) is 0.0439. The Labute approximate surface area is 329 Å². The number of pyridine rings is 1. The Morgan fingerprint density at radius 2 is 1.75 bits per heavy atom. The maximum absolute atomic E-state index is 12.6. The van der Waals surface area contributed by atoms with E-state index in [1.807, 2.05) is 19.1 Å². The number of aromatic nitrogens is 3. The molecule has 6 N–H and O–H groups in total. The summed E-state index contributed by atoms with van der Waals surface area (Å²) in [5.41, 5.74) is 8.70. The molecule has 2 amide bonds. The lowest BCUT2D eigenvalue weighted by atomic mass is 9.72. The summed E-state index contributed by atoms with van der Waals surface area (Å²) in [6.45, 7) is -0.960. The Morgan fingerprint density at radius 1 is 1.04 bits per heavy atom. The van der Waals surface area contributed by atoms with Crippen molar-refractivity contribution in [2.75, 3.05) is 27.1 Å². The molecule has 302 valence electrons. The molecule has 0 spiro atoms. The van der Waals surface area contributed by atoms with Gasteiger partial charge in [-0.2, -0.15) is 13.8 Å². The number of anilines is 1. The minimum Gasteiger partial charge on any atom is -0.609 e. The van der Waals surface area contributed by atoms with Crippen molar-refractivity contribution in [3.63, 3.8) is 0 Å². The number of hydrogen-bond donors (Lipinski definition) is 5. The number of benzene rings is 3. The molecule has 0 saturated carbocycles. The highest BCUT2D eigenvalue weighted by atomic mass is 32.2. The molecule has 18 heteroatoms. The van der Waals surface area contributed by atoms with Crippen molar-refractivity contribution < 1.29 is 56.9 Å². The van der Waals surface area contributed by atoms with Gasteiger partial charge in [-0.3, -0.25) is 24.9 Å². The topological polar surface area (TPSA) is 231 Å². The average molecular weight is 810 g/mol. The highest BCUT2D eigenvalue weighted by Crippen LogP contribution is 2.36. The molecule has 3 aromatic carbocycles. The van der Waals surface area contributed by atoms with Gasteiger partial charge in [0.1, 0.15) is 11.4 Å². The number of carbonyl (C=O) groups excluding carboxylic acids is 2. The summed E-state index contributed by atoms with van der Waals surface area (Å²) < 4.78 is 56.9. The van der Waals surface area contributed by atoms with Crippen molar-refractivity contribution in [3.05, 3.63) is 95.8 Å². The lowest BCUT2D eigenvalue weighted by Gasteiger charge is -2.34. The number of aromatic amines is 1. The van der Waals surface area contributed by atoms with Gasteiger partial charge in [0.25, 0.3) is 0 Å². The average Bonchev–Trinajstić information content (AvgIpc) is 3.62. The highest BCUT2D eigenvalue weighted by Gasteiger charge is 2.42. The number of aromatic hydroxyl groups is 1. The third-order valence-electron chi connectivity index (χ3n) is 8.66. The number of hydrogen-bond acceptors (Lipinski definition) is 12. The number of imide groups is 1. The molecule has 2 unspecified atom stereocenters. The molecule has 15 nitrogen and oxygen atoms in total. The molecule has 0 aliphatic carbocycles. The van der Waals surface area contributed by atoms with Gasteiger partial charge in [0.15, 0.2) is 28.8 Å². The number of fused-ring (bicyclic) bond motifs is 1. The van der Waals surface area contributed by atoms with Gasteiger partial charge < -0.3 is 39.4 Å². The number of H-pyrrole nitrogens is 1. The number of carboxylic acid groups (broad SMARTS) is 1. The second-order valence-electron chi connectivity index (χ2n) is 12.1. The zero-order valence-electron chi connectivity index (χ0n) is 31.3. The van der Waals surface area contributed by atoms with Crippen LogP contribution in [-0.2, 0) is 36.7 Å². The number of nitrogens with two attached hydrogens (primary N) is 1. The summed E-state index contributed by atoms with van der Waals surface area (Å²) in [4.78, 5) is 44.8. The predicted molar refractivity (Wildman–Crippen MR) is 207 cm³/mol. The van der Waals surface area contributed by atoms with Crippen LogP contribution in [0.2, 0.25) is 0 Å². The lowest BCUT2D eigenvalue weighted by Crippen LogP contribution is -2.51. The number of nitrogen functional groups attached to an aromatic ring is 1. The number of phenols is 1. The number of nitrogens with one attached hydrogen (secondary N) is 2. The van der Waals surface area contributed by atoms with Crippen LogP contribution >= 0.6 is 0 Å². The Morgan fingerprint density at radius 3 is 2.37 bits per heavy atom. The van der Waals surface area contributed by atoms with Crippen molar-refractivity contribution in [2.24, 2.45) is 0 Å². The smallest absolute Gasteiger partial charge is 0.387 e. The van der Waals surface area contributed by atoms with Crippen LogP contribution in [0.5, 0.6) is 28.7 Å². The fraction of sp³-hybridized carbons (Fsp3) is 0.256. The summed E-state index contributed by atoms with van der Waals surface area (Å²) in [6, 6.07) is 17.8. The fourth-order valence-electron chi connectivity index (χ4n) is 5.73. The Kier molecular flexibility index (Phi) is 15.2. The minimum absolute atomic E-state index is 0.0209. The van der Waals surface area contributed by atoms with E-state index in [9.17, 15) is 32.8 Å². The van der Waals surface area contributed by atoms with Gasteiger partial charge in [0, 0.05) is 47.7 Å². The number of alkyl halides is 2. The van der Waals surface area contributed by atoms with Gasteiger partial charge in [-0.1, -0.05) is 25.1 Å². The van der Waals surface area contributed by atoms with E-state index in [4.69, 9.17) is 25.1 Å². The summed E-state index contributed by atoms with van der Waals surface area (Å²) in [6.07, 6.45) is 5.61. The number of imidazole rings is 1. The van der Waals surface area contributed by atoms with Crippen LogP contribution in [0.1, 0.15) is 43.0 Å². The molecule has 1 fully saturated rings. The molecule has 1 saturated heterocycles. The Balaban J connectivity index is 0.000000201. The van der Waals surface area contributed by atoms with E-state index in [-0.39, 0.29) is 34.2 Å². The second-order valence-corrected chi connectivity index (χ2v) is 13.5. The van der Waals surface area contributed by atoms with E-state index in [2.05, 4.69) is 25.0 Å². The maximum Gasteiger partial charge on any atom is 0.387 e. The SMILES string of the molecule is CCC1(c2ccc(N)cc2)CCC(=O)NC1=O.COc1cc(/C=C/C(=O)O)ccc1O.COc1ccnc(C[S+]([O-])c2nc3cc(OC(F)F)ccc3[nH]2)c1OC. The van der Waals surface area contributed by atoms with Gasteiger partial charge in [-0.05, 0) is 66.4 Å². The molecule has 0 radical (unpaired) electrons. The maximum atomic E-state index is 12.6. The largest absolute Gasteiger partial charge is 0.609 e. The number of rotatable bonds is 12. The third-order valence-corrected chi connectivity index (χ3v) is 9.82. The minimum atomic E-state index is -2.92. The van der Waals surface area contributed by atoms with Gasteiger partial charge in [0.2, 0.25) is 11.8 Å². The molecule has 0 bridgehead atoms. The number of aliphatic carboxylic acids is 1. The van der Waals surface area contributed by atoms with Crippen LogP contribution in [0.3, 0.4) is 0 Å². The first-order chi connectivity index (χ1) is 27.2. The van der Waals surface area contributed by atoms with Crippen molar-refractivity contribution in [1.29, 1.82) is 0 Å². The normalized spacial score (nSPS) is 15.5. The van der Waals surface area contributed by atoms with Crippen LogP contribution in [0, 0.1) is 0 Å². The van der Waals surface area contributed by atoms with Crippen LogP contribution in [0.15, 0.2) is 84.2 Å². The van der Waals surface area contributed by atoms with E-state index in [1.165, 1.54) is 57.9 Å². The molecule has 57 heavy (non-hydrogen) atoms. The summed E-state index contributed by atoms with van der Waals surface area (Å²) >= 11 is -1.56. The summed E-state index contributed by atoms with van der Waals surface area (Å²) in [7, 11) is 4.40. The zero-order chi connectivity index (χ0) is 41.7. The van der Waals surface area contributed by atoms with Gasteiger partial charge >= 0.3 is 17.7 Å². The third kappa shape index (κ3) is 11.3. The highest BCUT2D eigenvalue weighted by molar-refractivity contribution is 7.90. The lowest BCUT2D eigenvalue weighted by molar-refractivity contribution is -0.138. The molecule has 2 aromatic heterocycles. The predicted octanol–water partition coefficient (Wildman–Crippen LogP) is 5.74. The molecule has 1 aliphatic heterocycles. The van der Waals surface area contributed by atoms with Crippen LogP contribution < -0.4 is 30.0 Å². The van der Waals surface area contributed by atoms with Gasteiger partial charge in [-0.15, -0.1) is 0 Å². The number of carboxylic acids is 1. The van der Waals surface area contributed by atoms with Crippen molar-refractivity contribution in [2.45, 2.75) is 49.1 Å². The molecule has 1 aliphatic rings. The molecule has 5 aromatic rings. The van der Waals surface area contributed by atoms with Crippen molar-refractivity contribution >= 4 is 51.8 Å². The Hall–Kier alpha value is -6.40. The molecular weight excluding hydrogens is 769 g/mol. The van der Waals surface area contributed by atoms with E-state index >= 15 is 0 Å². The second kappa shape index (κ2) is 20.0. The van der Waals surface area contributed by atoms with Gasteiger partial charge in [-0.25, -0.2) is 4.79 Å². The first-order valence-corrected chi connectivity index (χ1v) is 18.4. The number of methoxy groups -OCH3 is 3. The van der Waals surface area contributed by atoms with Crippen LogP contribution in [-0.4, -0.2) is 75.4 Å². The molecular formula is C39H41F2N5O10S. The summed E-state index contributed by atoms with van der Waals surface area (Å²) in [5.74, 6) is -0.154. The van der Waals surface area contributed by atoms with Gasteiger partial charge in [0.05, 0.1) is 37.8 Å². The number of halogens is 2. The fourth-order valence-corrected chi connectivity index (χ4v) is 6.74. The first-order valence-electron chi connectivity index (χ1n) is 17.1. The standard InChI is InChI=1S/C16H15F2N3O4S.C13H16N2O2.C10H10O4/c1-23-13-5-6-19-12(14(13)24-2)8-26(22)16-20-10-4-3-9(25-15(17)18)7-11(10)21-16;1-2-13(8-7-11(16)15-12(13)17)9-3-5-10(14)6-4-9;1-14-9-6-7(2-4-8(9)11)3-5-10(12)13/h3-7,15H,8H2,1-2H3,(H,20,21);3-6H,2,7-8,14H2,1H3,(H,15,16,17);2-6,11H,1H3,(H,12,13)/b;;5-3+. The summed E-state index contributed by atoms with van der Waals surface area (Å²) in [5, 5.41) is 20.3. The number of amides is 2. The molecule has 2 atom stereocenters. The van der Waals surface area contributed by atoms with E-state index in [1.54, 1.807) is 30.3 Å². The van der Waals surface area contributed by atoms with E-state index in [0.717, 1.165) is 11.6 Å². The number of piperidine rings is 1. The monoisotopic (exact) mass is 809 g/mol. The van der Waals surface area contributed by atoms with Crippen molar-refractivity contribution in [1.82, 2.24) is 20.3 Å². The van der Waals surface area contributed by atoms with Crippen LogP contribution in [0.25, 0.3) is 17.1 Å². The number of carbonyl (C=O) groups is 3. The van der Waals surface area contributed by atoms with Crippen LogP contribution in [0.4, 0.5) is 14.5 Å². The number of nitrogens with zero attached hydrogens (tertiary/aromatic N) is 2. The Bertz CT molecular complexity index is 2200. The van der Waals surface area contributed by atoms with Crippen molar-refractivity contribution in [3.8, 4) is 28.7 Å².